The molecule has 0 aliphatic carbocycles. The number of alkyl halides is 2. The maximum Gasteiger partial charge on any atom is 0.276 e. The van der Waals surface area contributed by atoms with Gasteiger partial charge in [0.15, 0.2) is 11.4 Å². The Morgan fingerprint density at radius 3 is 2.93 bits per heavy atom. The zero-order valence-corrected chi connectivity index (χ0v) is 16.0. The standard InChI is InChI=1S/C18H20F3N3O3S/c1-3-13(25)12-8-27-16-14(28-23-12)7-24(2)15(16)18(26)22-9-4-5-11(19)10(6-9)17(20)21/h4-7,12-13,17,23,25H,3,8H2,1-2H3,(H,22,26). The van der Waals surface area contributed by atoms with Crippen LogP contribution in [0.3, 0.4) is 0 Å². The van der Waals surface area contributed by atoms with Gasteiger partial charge in [-0.05, 0) is 36.6 Å². The number of aromatic nitrogens is 1. The molecule has 3 rings (SSSR count). The normalized spacial score (nSPS) is 17.6. The molecule has 1 aromatic carbocycles. The third-order valence-corrected chi connectivity index (χ3v) is 5.35. The Balaban J connectivity index is 1.83. The van der Waals surface area contributed by atoms with Crippen molar-refractivity contribution in [2.75, 3.05) is 11.9 Å². The molecule has 152 valence electrons. The summed E-state index contributed by atoms with van der Waals surface area (Å²) in [7, 11) is 1.65. The fraction of sp³-hybridized carbons (Fsp3) is 0.389. The van der Waals surface area contributed by atoms with Crippen LogP contribution in [0.5, 0.6) is 5.75 Å². The van der Waals surface area contributed by atoms with Crippen LogP contribution in [0.4, 0.5) is 18.9 Å². The molecule has 0 spiro atoms. The van der Waals surface area contributed by atoms with Crippen LogP contribution in [0.15, 0.2) is 29.3 Å². The number of amides is 1. The molecule has 2 atom stereocenters. The lowest BCUT2D eigenvalue weighted by Crippen LogP contribution is -2.39. The van der Waals surface area contributed by atoms with Gasteiger partial charge in [-0.1, -0.05) is 6.92 Å². The van der Waals surface area contributed by atoms with Crippen LogP contribution in [0.25, 0.3) is 0 Å². The number of benzene rings is 1. The van der Waals surface area contributed by atoms with Crippen LogP contribution in [0.2, 0.25) is 0 Å². The second kappa shape index (κ2) is 8.46. The van der Waals surface area contributed by atoms with Gasteiger partial charge >= 0.3 is 0 Å². The summed E-state index contributed by atoms with van der Waals surface area (Å²) in [5.41, 5.74) is -0.537. The molecule has 2 aromatic rings. The molecule has 1 aliphatic rings. The van der Waals surface area contributed by atoms with Gasteiger partial charge < -0.3 is 19.7 Å². The van der Waals surface area contributed by atoms with Crippen LogP contribution in [-0.2, 0) is 7.05 Å². The van der Waals surface area contributed by atoms with Crippen LogP contribution >= 0.6 is 11.9 Å². The van der Waals surface area contributed by atoms with E-state index in [0.717, 1.165) is 12.1 Å². The number of carbonyl (C=O) groups excluding carboxylic acids is 1. The number of rotatable bonds is 5. The number of carbonyl (C=O) groups is 1. The van der Waals surface area contributed by atoms with Gasteiger partial charge in [-0.2, -0.15) is 0 Å². The minimum absolute atomic E-state index is 0.0512. The van der Waals surface area contributed by atoms with Crippen molar-refractivity contribution in [3.8, 4) is 5.75 Å². The van der Waals surface area contributed by atoms with Gasteiger partial charge in [0.25, 0.3) is 12.3 Å². The fourth-order valence-corrected chi connectivity index (χ4v) is 3.81. The van der Waals surface area contributed by atoms with Crippen molar-refractivity contribution >= 4 is 23.5 Å². The Morgan fingerprint density at radius 2 is 2.25 bits per heavy atom. The smallest absolute Gasteiger partial charge is 0.276 e. The number of aliphatic hydroxyl groups is 1. The second-order valence-electron chi connectivity index (χ2n) is 6.39. The monoisotopic (exact) mass is 415 g/mol. The van der Waals surface area contributed by atoms with E-state index in [2.05, 4.69) is 10.0 Å². The first-order valence-corrected chi connectivity index (χ1v) is 9.45. The molecule has 0 saturated heterocycles. The average Bonchev–Trinajstić information content (AvgIpc) is 2.83. The minimum atomic E-state index is -2.99. The SMILES string of the molecule is CCC(O)C1COc2c(cn(C)c2C(=O)Nc2ccc(F)c(C(F)F)c2)SN1. The first-order chi connectivity index (χ1) is 13.3. The van der Waals surface area contributed by atoms with E-state index in [1.807, 2.05) is 6.92 Å². The van der Waals surface area contributed by atoms with Crippen LogP contribution in [-0.4, -0.2) is 34.3 Å². The largest absolute Gasteiger partial charge is 0.488 e. The molecular formula is C18H20F3N3O3S. The molecule has 28 heavy (non-hydrogen) atoms. The Labute approximate surface area is 164 Å². The number of nitrogens with one attached hydrogen (secondary N) is 2. The maximum absolute atomic E-state index is 13.4. The molecule has 0 radical (unpaired) electrons. The highest BCUT2D eigenvalue weighted by Crippen LogP contribution is 2.36. The number of fused-ring (bicyclic) bond motifs is 1. The molecule has 10 heteroatoms. The molecule has 2 unspecified atom stereocenters. The maximum atomic E-state index is 13.4. The van der Waals surface area contributed by atoms with Gasteiger partial charge in [0.1, 0.15) is 12.4 Å². The van der Waals surface area contributed by atoms with E-state index >= 15 is 0 Å². The molecule has 0 saturated carbocycles. The van der Waals surface area contributed by atoms with E-state index < -0.39 is 29.8 Å². The lowest BCUT2D eigenvalue weighted by Gasteiger charge is -2.20. The first-order valence-electron chi connectivity index (χ1n) is 8.63. The van der Waals surface area contributed by atoms with Gasteiger partial charge in [-0.25, -0.2) is 13.2 Å². The number of hydrogen-bond acceptors (Lipinski definition) is 5. The van der Waals surface area contributed by atoms with E-state index in [1.54, 1.807) is 17.8 Å². The molecule has 1 amide bonds. The van der Waals surface area contributed by atoms with Crippen molar-refractivity contribution in [1.82, 2.24) is 9.29 Å². The number of nitrogens with zero attached hydrogens (tertiary/aromatic N) is 1. The highest BCUT2D eigenvalue weighted by atomic mass is 32.2. The zero-order chi connectivity index (χ0) is 20.4. The summed E-state index contributed by atoms with van der Waals surface area (Å²) in [5, 5.41) is 12.5. The van der Waals surface area contributed by atoms with Crippen molar-refractivity contribution in [2.24, 2.45) is 7.05 Å². The summed E-state index contributed by atoms with van der Waals surface area (Å²) in [5.74, 6) is -1.28. The van der Waals surface area contributed by atoms with Crippen molar-refractivity contribution < 1.29 is 27.8 Å². The summed E-state index contributed by atoms with van der Waals surface area (Å²) in [6, 6.07) is 2.69. The molecule has 2 heterocycles. The number of halogens is 3. The number of ether oxygens (including phenoxy) is 1. The molecule has 0 bridgehead atoms. The third-order valence-electron chi connectivity index (χ3n) is 4.42. The van der Waals surface area contributed by atoms with Crippen LogP contribution in [0.1, 0.15) is 35.8 Å². The lowest BCUT2D eigenvalue weighted by atomic mass is 10.1. The van der Waals surface area contributed by atoms with E-state index in [0.29, 0.717) is 17.1 Å². The lowest BCUT2D eigenvalue weighted by molar-refractivity contribution is 0.0992. The molecule has 6 nitrogen and oxygen atoms in total. The number of aryl methyl sites for hydroxylation is 1. The predicted octanol–water partition coefficient (Wildman–Crippen LogP) is 3.48. The molecule has 1 aliphatic heterocycles. The van der Waals surface area contributed by atoms with Gasteiger partial charge in [-0.15, -0.1) is 0 Å². The van der Waals surface area contributed by atoms with Gasteiger partial charge in [0, 0.05) is 18.9 Å². The first kappa shape index (κ1) is 20.6. The molecule has 3 N–H and O–H groups in total. The summed E-state index contributed by atoms with van der Waals surface area (Å²) in [6.07, 6.45) is -1.35. The highest BCUT2D eigenvalue weighted by molar-refractivity contribution is 7.97. The summed E-state index contributed by atoms with van der Waals surface area (Å²) in [6.45, 7) is 2.01. The van der Waals surface area contributed by atoms with Crippen molar-refractivity contribution in [2.45, 2.75) is 36.8 Å². The number of anilines is 1. The number of hydrogen-bond donors (Lipinski definition) is 3. The van der Waals surface area contributed by atoms with Crippen molar-refractivity contribution in [1.29, 1.82) is 0 Å². The Hall–Kier alpha value is -2.17. The van der Waals surface area contributed by atoms with E-state index in [9.17, 15) is 23.1 Å². The van der Waals surface area contributed by atoms with Crippen molar-refractivity contribution in [3.63, 3.8) is 0 Å². The molecular weight excluding hydrogens is 395 g/mol. The Morgan fingerprint density at radius 1 is 1.50 bits per heavy atom. The van der Waals surface area contributed by atoms with Crippen molar-refractivity contribution in [3.05, 3.63) is 41.5 Å². The highest BCUT2D eigenvalue weighted by Gasteiger charge is 2.29. The van der Waals surface area contributed by atoms with Gasteiger partial charge in [-0.3, -0.25) is 9.52 Å². The molecule has 1 aromatic heterocycles. The van der Waals surface area contributed by atoms with Crippen LogP contribution < -0.4 is 14.8 Å². The topological polar surface area (TPSA) is 75.5 Å². The van der Waals surface area contributed by atoms with E-state index in [1.165, 1.54) is 18.0 Å². The number of aliphatic hydroxyl groups excluding tert-OH is 1. The van der Waals surface area contributed by atoms with E-state index in [4.69, 9.17) is 4.74 Å². The summed E-state index contributed by atoms with van der Waals surface area (Å²) in [4.78, 5) is 13.4. The average molecular weight is 415 g/mol. The predicted molar refractivity (Wildman–Crippen MR) is 99.3 cm³/mol. The minimum Gasteiger partial charge on any atom is -0.488 e. The van der Waals surface area contributed by atoms with Crippen LogP contribution in [0, 0.1) is 5.82 Å². The molecule has 0 fully saturated rings. The van der Waals surface area contributed by atoms with Gasteiger partial charge in [0.05, 0.1) is 22.6 Å². The second-order valence-corrected chi connectivity index (χ2v) is 7.27. The zero-order valence-electron chi connectivity index (χ0n) is 15.2. The fourth-order valence-electron chi connectivity index (χ4n) is 2.85. The van der Waals surface area contributed by atoms with Gasteiger partial charge in [0.2, 0.25) is 0 Å². The third kappa shape index (κ3) is 4.13. The summed E-state index contributed by atoms with van der Waals surface area (Å²) >= 11 is 1.24. The quantitative estimate of drug-likeness (QED) is 0.652. The van der Waals surface area contributed by atoms with E-state index in [-0.39, 0.29) is 24.0 Å². The summed E-state index contributed by atoms with van der Waals surface area (Å²) < 4.78 is 49.6. The Bertz CT molecular complexity index is 875. The Kier molecular flexibility index (Phi) is 6.21.